The molecule has 9 nitrogen and oxygen atoms in total. The van der Waals surface area contributed by atoms with E-state index in [0.717, 1.165) is 56.3 Å². The number of methoxy groups -OCH3 is 1. The van der Waals surface area contributed by atoms with E-state index in [1.54, 1.807) is 18.2 Å². The summed E-state index contributed by atoms with van der Waals surface area (Å²) in [6.45, 7) is -0.708. The van der Waals surface area contributed by atoms with Gasteiger partial charge in [0.1, 0.15) is 18.3 Å². The minimum Gasteiger partial charge on any atom is -0.497 e. The maximum absolute atomic E-state index is 13.6. The molecule has 0 saturated heterocycles. The number of carbonyl (C=O) groups is 4. The Morgan fingerprint density at radius 2 is 1.72 bits per heavy atom. The van der Waals surface area contributed by atoms with Crippen LogP contribution in [0, 0.1) is 5.92 Å². The van der Waals surface area contributed by atoms with Gasteiger partial charge in [0, 0.05) is 29.2 Å². The Balaban J connectivity index is 1.65. The van der Waals surface area contributed by atoms with Gasteiger partial charge in [0.25, 0.3) is 11.7 Å². The normalized spacial score (nSPS) is 17.9. The number of hydrogen-bond acceptors (Lipinski definition) is 5. The summed E-state index contributed by atoms with van der Waals surface area (Å²) in [6.07, 6.45) is 10.7. The van der Waals surface area contributed by atoms with Crippen LogP contribution >= 0.6 is 0 Å². The summed E-state index contributed by atoms with van der Waals surface area (Å²) in [6, 6.07) is 4.10. The maximum atomic E-state index is 13.6. The second-order valence-electron chi connectivity index (χ2n) is 9.96. The molecule has 0 spiro atoms. The van der Waals surface area contributed by atoms with E-state index >= 15 is 0 Å². The molecule has 3 N–H and O–H groups in total. The molecule has 0 aliphatic heterocycles. The van der Waals surface area contributed by atoms with E-state index in [1.165, 1.54) is 13.3 Å². The van der Waals surface area contributed by atoms with Crippen molar-refractivity contribution in [3.8, 4) is 5.75 Å². The molecule has 1 atom stereocenters. The number of H-pyrrole nitrogens is 1. The van der Waals surface area contributed by atoms with Crippen molar-refractivity contribution in [3.63, 3.8) is 0 Å². The van der Waals surface area contributed by atoms with Gasteiger partial charge in [0.15, 0.2) is 0 Å². The highest BCUT2D eigenvalue weighted by Crippen LogP contribution is 2.31. The SMILES string of the molecule is COc1ccc2c(C(=O)C(=O)N(CC(=O)O)C(C(=O)NC3CCCCC3)C3CCCCC3)c[nH]c2c1. The summed E-state index contributed by atoms with van der Waals surface area (Å²) >= 11 is 0. The van der Waals surface area contributed by atoms with Crippen molar-refractivity contribution in [3.05, 3.63) is 30.0 Å². The molecule has 2 amide bonds. The van der Waals surface area contributed by atoms with Crippen molar-refractivity contribution in [2.75, 3.05) is 13.7 Å². The predicted molar refractivity (Wildman–Crippen MR) is 134 cm³/mol. The average molecular weight is 498 g/mol. The number of nitrogens with zero attached hydrogens (tertiary/aromatic N) is 1. The number of rotatable bonds is 9. The van der Waals surface area contributed by atoms with Gasteiger partial charge < -0.3 is 25.0 Å². The molecular formula is C27H35N3O6. The number of fused-ring (bicyclic) bond motifs is 1. The zero-order valence-corrected chi connectivity index (χ0v) is 20.8. The van der Waals surface area contributed by atoms with Gasteiger partial charge in [-0.1, -0.05) is 38.5 Å². The highest BCUT2D eigenvalue weighted by molar-refractivity contribution is 6.45. The number of aromatic amines is 1. The van der Waals surface area contributed by atoms with Crippen LogP contribution < -0.4 is 10.1 Å². The van der Waals surface area contributed by atoms with Crippen molar-refractivity contribution >= 4 is 34.5 Å². The van der Waals surface area contributed by atoms with E-state index in [9.17, 15) is 24.3 Å². The molecule has 0 bridgehead atoms. The van der Waals surface area contributed by atoms with Crippen LogP contribution in [-0.2, 0) is 14.4 Å². The van der Waals surface area contributed by atoms with Crippen LogP contribution in [0.5, 0.6) is 5.75 Å². The van der Waals surface area contributed by atoms with E-state index < -0.39 is 30.2 Å². The number of hydrogen-bond donors (Lipinski definition) is 3. The van der Waals surface area contributed by atoms with Gasteiger partial charge in [-0.05, 0) is 43.7 Å². The standard InChI is InChI=1S/C27H35N3O6/c1-36-19-12-13-20-21(15-28-22(20)14-19)25(33)27(35)30(16-23(31)32)24(17-8-4-2-5-9-17)26(34)29-18-10-6-3-7-11-18/h12-15,17-18,24,28H,2-11,16H2,1H3,(H,29,34)(H,31,32). The van der Waals surface area contributed by atoms with E-state index in [4.69, 9.17) is 4.74 Å². The highest BCUT2D eigenvalue weighted by atomic mass is 16.5. The largest absolute Gasteiger partial charge is 0.497 e. The number of carboxylic acids is 1. The molecular weight excluding hydrogens is 462 g/mol. The smallest absolute Gasteiger partial charge is 0.323 e. The van der Waals surface area contributed by atoms with Crippen molar-refractivity contribution in [2.24, 2.45) is 5.92 Å². The summed E-state index contributed by atoms with van der Waals surface area (Å²) in [7, 11) is 1.53. The fraction of sp³-hybridized carbons (Fsp3) is 0.556. The van der Waals surface area contributed by atoms with Crippen LogP contribution in [0.25, 0.3) is 10.9 Å². The molecule has 1 aromatic carbocycles. The summed E-state index contributed by atoms with van der Waals surface area (Å²) in [5.74, 6) is -3.00. The first kappa shape index (κ1) is 25.7. The topological polar surface area (TPSA) is 129 Å². The number of aliphatic carboxylic acids is 1. The Kier molecular flexibility index (Phi) is 8.28. The number of ether oxygens (including phenoxy) is 1. The second kappa shape index (κ2) is 11.6. The number of Topliss-reactive ketones (excluding diaryl/α,β-unsaturated/α-hetero) is 1. The second-order valence-corrected chi connectivity index (χ2v) is 9.96. The molecule has 0 radical (unpaired) electrons. The minimum atomic E-state index is -1.26. The van der Waals surface area contributed by atoms with Crippen LogP contribution in [0.15, 0.2) is 24.4 Å². The zero-order valence-electron chi connectivity index (χ0n) is 20.8. The first-order valence-electron chi connectivity index (χ1n) is 12.9. The number of carboxylic acid groups (broad SMARTS) is 1. The van der Waals surface area contributed by atoms with Crippen LogP contribution in [0.3, 0.4) is 0 Å². The quantitative estimate of drug-likeness (QED) is 0.358. The molecule has 194 valence electrons. The molecule has 2 fully saturated rings. The monoisotopic (exact) mass is 497 g/mol. The van der Waals surface area contributed by atoms with Crippen LogP contribution in [-0.4, -0.2) is 64.3 Å². The number of ketones is 1. The van der Waals surface area contributed by atoms with Gasteiger partial charge in [0.2, 0.25) is 5.91 Å². The van der Waals surface area contributed by atoms with Crippen LogP contribution in [0.2, 0.25) is 0 Å². The van der Waals surface area contributed by atoms with Crippen LogP contribution in [0.4, 0.5) is 0 Å². The van der Waals surface area contributed by atoms with Crippen LogP contribution in [0.1, 0.15) is 74.6 Å². The van der Waals surface area contributed by atoms with Crippen molar-refractivity contribution in [1.29, 1.82) is 0 Å². The fourth-order valence-electron chi connectivity index (χ4n) is 5.70. The molecule has 2 aliphatic rings. The lowest BCUT2D eigenvalue weighted by Gasteiger charge is -2.38. The van der Waals surface area contributed by atoms with E-state index in [-0.39, 0.29) is 23.4 Å². The third-order valence-corrected chi connectivity index (χ3v) is 7.55. The number of nitrogens with one attached hydrogen (secondary N) is 2. The predicted octanol–water partition coefficient (Wildman–Crippen LogP) is 3.67. The van der Waals surface area contributed by atoms with E-state index in [2.05, 4.69) is 10.3 Å². The van der Waals surface area contributed by atoms with Crippen molar-refractivity contribution < 1.29 is 29.0 Å². The van der Waals surface area contributed by atoms with Gasteiger partial charge in [-0.15, -0.1) is 0 Å². The first-order valence-corrected chi connectivity index (χ1v) is 12.9. The lowest BCUT2D eigenvalue weighted by atomic mass is 9.82. The first-order chi connectivity index (χ1) is 17.4. The van der Waals surface area contributed by atoms with Crippen molar-refractivity contribution in [2.45, 2.75) is 76.3 Å². The Morgan fingerprint density at radius 1 is 1.06 bits per heavy atom. The highest BCUT2D eigenvalue weighted by Gasteiger charge is 2.41. The van der Waals surface area contributed by atoms with Gasteiger partial charge >= 0.3 is 5.97 Å². The third-order valence-electron chi connectivity index (χ3n) is 7.55. The molecule has 4 rings (SSSR count). The molecule has 1 aromatic heterocycles. The third kappa shape index (κ3) is 5.71. The lowest BCUT2D eigenvalue weighted by molar-refractivity contribution is -0.148. The molecule has 2 aromatic rings. The Hall–Kier alpha value is -3.36. The molecule has 1 unspecified atom stereocenters. The average Bonchev–Trinajstić information content (AvgIpc) is 3.31. The van der Waals surface area contributed by atoms with Crippen molar-refractivity contribution in [1.82, 2.24) is 15.2 Å². The summed E-state index contributed by atoms with van der Waals surface area (Å²) in [5, 5.41) is 13.3. The Bertz CT molecular complexity index is 1110. The number of benzene rings is 1. The number of amides is 2. The number of aromatic nitrogens is 1. The molecule has 2 aliphatic carbocycles. The Labute approximate surface area is 210 Å². The summed E-state index contributed by atoms with van der Waals surface area (Å²) in [5.41, 5.74) is 0.761. The van der Waals surface area contributed by atoms with E-state index in [0.29, 0.717) is 29.5 Å². The maximum Gasteiger partial charge on any atom is 0.323 e. The molecule has 1 heterocycles. The lowest BCUT2D eigenvalue weighted by Crippen LogP contribution is -2.58. The van der Waals surface area contributed by atoms with Gasteiger partial charge in [-0.2, -0.15) is 0 Å². The van der Waals surface area contributed by atoms with Gasteiger partial charge in [0.05, 0.1) is 12.7 Å². The Morgan fingerprint density at radius 3 is 2.36 bits per heavy atom. The summed E-state index contributed by atoms with van der Waals surface area (Å²) in [4.78, 5) is 56.5. The molecule has 9 heteroatoms. The van der Waals surface area contributed by atoms with Gasteiger partial charge in [-0.3, -0.25) is 19.2 Å². The fourth-order valence-corrected chi connectivity index (χ4v) is 5.70. The minimum absolute atomic E-state index is 0.0124. The zero-order chi connectivity index (χ0) is 25.7. The molecule has 36 heavy (non-hydrogen) atoms. The molecule has 2 saturated carbocycles. The summed E-state index contributed by atoms with van der Waals surface area (Å²) < 4.78 is 5.22. The number of carbonyl (C=O) groups excluding carboxylic acids is 3. The van der Waals surface area contributed by atoms with E-state index in [1.807, 2.05) is 0 Å². The van der Waals surface area contributed by atoms with Gasteiger partial charge in [-0.25, -0.2) is 0 Å².